The van der Waals surface area contributed by atoms with Crippen molar-refractivity contribution in [3.63, 3.8) is 0 Å². The molecule has 19 heavy (non-hydrogen) atoms. The molecule has 0 saturated carbocycles. The highest BCUT2D eigenvalue weighted by Gasteiger charge is 2.12. The van der Waals surface area contributed by atoms with Gasteiger partial charge in [0.15, 0.2) is 5.78 Å². The van der Waals surface area contributed by atoms with Crippen LogP contribution in [0.25, 0.3) is 22.2 Å². The molecule has 0 aliphatic heterocycles. The highest BCUT2D eigenvalue weighted by Crippen LogP contribution is 2.28. The first-order valence-corrected chi connectivity index (χ1v) is 6.20. The van der Waals surface area contributed by atoms with Gasteiger partial charge >= 0.3 is 0 Å². The van der Waals surface area contributed by atoms with Crippen molar-refractivity contribution >= 4 is 16.7 Å². The van der Waals surface area contributed by atoms with Gasteiger partial charge in [-0.15, -0.1) is 0 Å². The van der Waals surface area contributed by atoms with Gasteiger partial charge in [0.1, 0.15) is 5.69 Å². The molecule has 0 spiro atoms. The minimum atomic E-state index is 0.0739. The van der Waals surface area contributed by atoms with E-state index in [1.165, 1.54) is 0 Å². The van der Waals surface area contributed by atoms with Gasteiger partial charge in [-0.05, 0) is 25.1 Å². The third-order valence-corrected chi connectivity index (χ3v) is 3.30. The minimum absolute atomic E-state index is 0.0739. The Labute approximate surface area is 111 Å². The molecule has 3 heteroatoms. The summed E-state index contributed by atoms with van der Waals surface area (Å²) in [6.45, 7) is 1.58. The molecule has 2 aromatic carbocycles. The fourth-order valence-electron chi connectivity index (χ4n) is 2.29. The molecule has 0 N–H and O–H groups in total. The SMILES string of the molecule is CC(=O)c1ccc2c(c1)c(-c1ccccc1)nn2C. The number of ketones is 1. The average Bonchev–Trinajstić information content (AvgIpc) is 2.77. The number of rotatable bonds is 2. The zero-order valence-electron chi connectivity index (χ0n) is 10.9. The summed E-state index contributed by atoms with van der Waals surface area (Å²) in [5, 5.41) is 5.58. The van der Waals surface area contributed by atoms with Crippen molar-refractivity contribution in [1.82, 2.24) is 9.78 Å². The Morgan fingerprint density at radius 1 is 1.11 bits per heavy atom. The summed E-state index contributed by atoms with van der Waals surface area (Å²) in [6.07, 6.45) is 0. The molecule has 0 aliphatic carbocycles. The number of fused-ring (bicyclic) bond motifs is 1. The summed E-state index contributed by atoms with van der Waals surface area (Å²) in [4.78, 5) is 11.5. The van der Waals surface area contributed by atoms with Crippen molar-refractivity contribution in [2.75, 3.05) is 0 Å². The van der Waals surface area contributed by atoms with Gasteiger partial charge in [0.2, 0.25) is 0 Å². The van der Waals surface area contributed by atoms with Gasteiger partial charge in [0.05, 0.1) is 5.52 Å². The first kappa shape index (κ1) is 11.7. The summed E-state index contributed by atoms with van der Waals surface area (Å²) in [5.41, 5.74) is 3.73. The fourth-order valence-corrected chi connectivity index (χ4v) is 2.29. The van der Waals surface area contributed by atoms with E-state index in [1.54, 1.807) is 6.92 Å². The Bertz CT molecular complexity index is 757. The van der Waals surface area contributed by atoms with E-state index in [2.05, 4.69) is 5.10 Å². The molecule has 3 aromatic rings. The maximum absolute atomic E-state index is 11.5. The average molecular weight is 250 g/mol. The van der Waals surface area contributed by atoms with E-state index in [1.807, 2.05) is 60.3 Å². The van der Waals surface area contributed by atoms with Crippen molar-refractivity contribution < 1.29 is 4.79 Å². The summed E-state index contributed by atoms with van der Waals surface area (Å²) < 4.78 is 1.85. The predicted octanol–water partition coefficient (Wildman–Crippen LogP) is 3.44. The standard InChI is InChI=1S/C16H14N2O/c1-11(19)13-8-9-15-14(10-13)16(17-18(15)2)12-6-4-3-5-7-12/h3-10H,1-2H3. The van der Waals surface area contributed by atoms with Gasteiger partial charge in [-0.25, -0.2) is 0 Å². The molecule has 0 bridgehead atoms. The second-order valence-corrected chi connectivity index (χ2v) is 4.63. The van der Waals surface area contributed by atoms with E-state index in [-0.39, 0.29) is 5.78 Å². The Morgan fingerprint density at radius 3 is 2.53 bits per heavy atom. The van der Waals surface area contributed by atoms with Crippen LogP contribution in [0.5, 0.6) is 0 Å². The van der Waals surface area contributed by atoms with Crippen LogP contribution in [0.15, 0.2) is 48.5 Å². The van der Waals surface area contributed by atoms with Crippen molar-refractivity contribution in [3.05, 3.63) is 54.1 Å². The van der Waals surface area contributed by atoms with E-state index in [9.17, 15) is 4.79 Å². The Hall–Kier alpha value is -2.42. The molecule has 3 nitrogen and oxygen atoms in total. The molecule has 0 atom stereocenters. The largest absolute Gasteiger partial charge is 0.295 e. The third kappa shape index (κ3) is 1.93. The first-order chi connectivity index (χ1) is 9.16. The van der Waals surface area contributed by atoms with Gasteiger partial charge < -0.3 is 0 Å². The number of carbonyl (C=O) groups excluding carboxylic acids is 1. The van der Waals surface area contributed by atoms with Crippen LogP contribution in [0, 0.1) is 0 Å². The van der Waals surface area contributed by atoms with Crippen molar-refractivity contribution in [2.45, 2.75) is 6.92 Å². The number of hydrogen-bond acceptors (Lipinski definition) is 2. The molecular weight excluding hydrogens is 236 g/mol. The molecule has 0 radical (unpaired) electrons. The monoisotopic (exact) mass is 250 g/mol. The lowest BCUT2D eigenvalue weighted by atomic mass is 10.0. The summed E-state index contributed by atoms with van der Waals surface area (Å²) in [5.74, 6) is 0.0739. The smallest absolute Gasteiger partial charge is 0.159 e. The molecule has 1 heterocycles. The third-order valence-electron chi connectivity index (χ3n) is 3.30. The Morgan fingerprint density at radius 2 is 1.84 bits per heavy atom. The minimum Gasteiger partial charge on any atom is -0.295 e. The van der Waals surface area contributed by atoms with E-state index in [4.69, 9.17) is 0 Å². The quantitative estimate of drug-likeness (QED) is 0.653. The highest BCUT2D eigenvalue weighted by atomic mass is 16.1. The molecule has 0 unspecified atom stereocenters. The normalized spacial score (nSPS) is 10.8. The zero-order valence-corrected chi connectivity index (χ0v) is 10.9. The van der Waals surface area contributed by atoms with Gasteiger partial charge in [-0.1, -0.05) is 30.3 Å². The van der Waals surface area contributed by atoms with Gasteiger partial charge in [0.25, 0.3) is 0 Å². The molecule has 1 aromatic heterocycles. The number of benzene rings is 2. The predicted molar refractivity (Wildman–Crippen MR) is 76.2 cm³/mol. The number of aryl methyl sites for hydroxylation is 1. The molecule has 0 aliphatic rings. The van der Waals surface area contributed by atoms with Crippen LogP contribution < -0.4 is 0 Å². The lowest BCUT2D eigenvalue weighted by molar-refractivity contribution is 0.101. The van der Waals surface area contributed by atoms with Gasteiger partial charge in [0, 0.05) is 23.6 Å². The van der Waals surface area contributed by atoms with Crippen LogP contribution >= 0.6 is 0 Å². The molecule has 0 saturated heterocycles. The number of nitrogens with zero attached hydrogens (tertiary/aromatic N) is 2. The maximum atomic E-state index is 11.5. The summed E-state index contributed by atoms with van der Waals surface area (Å²) in [7, 11) is 1.92. The Kier molecular flexibility index (Phi) is 2.67. The molecular formula is C16H14N2O. The van der Waals surface area contributed by atoms with Crippen LogP contribution in [-0.4, -0.2) is 15.6 Å². The van der Waals surface area contributed by atoms with E-state index >= 15 is 0 Å². The van der Waals surface area contributed by atoms with Gasteiger partial charge in [-0.2, -0.15) is 5.10 Å². The van der Waals surface area contributed by atoms with Crippen molar-refractivity contribution in [1.29, 1.82) is 0 Å². The topological polar surface area (TPSA) is 34.9 Å². The number of aromatic nitrogens is 2. The number of hydrogen-bond donors (Lipinski definition) is 0. The van der Waals surface area contributed by atoms with E-state index in [0.717, 1.165) is 27.7 Å². The van der Waals surface area contributed by atoms with E-state index < -0.39 is 0 Å². The first-order valence-electron chi connectivity index (χ1n) is 6.20. The fraction of sp³-hybridized carbons (Fsp3) is 0.125. The molecule has 0 fully saturated rings. The van der Waals surface area contributed by atoms with E-state index in [0.29, 0.717) is 0 Å². The van der Waals surface area contributed by atoms with Gasteiger partial charge in [-0.3, -0.25) is 9.48 Å². The Balaban J connectivity index is 2.30. The number of Topliss-reactive ketones (excluding diaryl/α,β-unsaturated/α-hetero) is 1. The molecule has 3 rings (SSSR count). The van der Waals surface area contributed by atoms with Crippen LogP contribution in [0.4, 0.5) is 0 Å². The highest BCUT2D eigenvalue weighted by molar-refractivity contribution is 6.01. The van der Waals surface area contributed by atoms with Crippen molar-refractivity contribution in [2.24, 2.45) is 7.05 Å². The lowest BCUT2D eigenvalue weighted by Gasteiger charge is -1.99. The second-order valence-electron chi connectivity index (χ2n) is 4.63. The van der Waals surface area contributed by atoms with Crippen LogP contribution in [-0.2, 0) is 7.05 Å². The second kappa shape index (κ2) is 4.35. The van der Waals surface area contributed by atoms with Crippen LogP contribution in [0.2, 0.25) is 0 Å². The lowest BCUT2D eigenvalue weighted by Crippen LogP contribution is -1.92. The molecule has 94 valence electrons. The maximum Gasteiger partial charge on any atom is 0.159 e. The summed E-state index contributed by atoms with van der Waals surface area (Å²) >= 11 is 0. The van der Waals surface area contributed by atoms with Crippen molar-refractivity contribution in [3.8, 4) is 11.3 Å². The number of carbonyl (C=O) groups is 1. The summed E-state index contributed by atoms with van der Waals surface area (Å²) in [6, 6.07) is 15.7. The zero-order chi connectivity index (χ0) is 13.4. The van der Waals surface area contributed by atoms with Crippen LogP contribution in [0.3, 0.4) is 0 Å². The van der Waals surface area contributed by atoms with Crippen LogP contribution in [0.1, 0.15) is 17.3 Å². The molecule has 0 amide bonds.